The van der Waals surface area contributed by atoms with E-state index in [-0.39, 0.29) is 17.2 Å². The van der Waals surface area contributed by atoms with E-state index >= 15 is 0 Å². The minimum Gasteiger partial charge on any atom is -0.478 e. The number of aromatic nitrogens is 3. The Morgan fingerprint density at radius 2 is 1.97 bits per heavy atom. The van der Waals surface area contributed by atoms with Gasteiger partial charge in [-0.3, -0.25) is 9.36 Å². The molecule has 3 rings (SSSR count). The Balaban J connectivity index is 1.69. The second-order valence-corrected chi connectivity index (χ2v) is 7.24. The van der Waals surface area contributed by atoms with Crippen LogP contribution in [-0.2, 0) is 11.3 Å². The van der Waals surface area contributed by atoms with E-state index in [1.54, 1.807) is 18.2 Å². The van der Waals surface area contributed by atoms with Crippen LogP contribution in [0.2, 0.25) is 0 Å². The summed E-state index contributed by atoms with van der Waals surface area (Å²) in [4.78, 5) is 23.2. The van der Waals surface area contributed by atoms with Crippen LogP contribution in [0.5, 0.6) is 0 Å². The van der Waals surface area contributed by atoms with Gasteiger partial charge in [0.1, 0.15) is 0 Å². The summed E-state index contributed by atoms with van der Waals surface area (Å²) in [6.07, 6.45) is 1.76. The number of hydrogen-bond donors (Lipinski definition) is 2. The number of amides is 1. The second-order valence-electron chi connectivity index (χ2n) is 6.29. The van der Waals surface area contributed by atoms with Gasteiger partial charge in [0.15, 0.2) is 11.0 Å². The molecule has 148 valence electrons. The molecule has 0 aliphatic carbocycles. The van der Waals surface area contributed by atoms with E-state index in [9.17, 15) is 9.59 Å². The summed E-state index contributed by atoms with van der Waals surface area (Å²) in [5.74, 6) is -0.363. The number of carboxylic acids is 1. The maximum Gasteiger partial charge on any atom is 0.335 e. The molecule has 2 N–H and O–H groups in total. The van der Waals surface area contributed by atoms with Gasteiger partial charge in [-0.1, -0.05) is 41.6 Å². The third-order valence-electron chi connectivity index (χ3n) is 4.05. The van der Waals surface area contributed by atoms with E-state index in [2.05, 4.69) is 22.1 Å². The van der Waals surface area contributed by atoms with Crippen molar-refractivity contribution in [1.29, 1.82) is 0 Å². The van der Waals surface area contributed by atoms with Crippen LogP contribution in [0.1, 0.15) is 15.9 Å². The van der Waals surface area contributed by atoms with E-state index in [4.69, 9.17) is 5.11 Å². The third kappa shape index (κ3) is 5.11. The molecule has 0 aliphatic rings. The maximum absolute atomic E-state index is 12.3. The molecule has 1 heterocycles. The SMILES string of the molecule is C=CCn1c(SCC(=O)Nc2ccc(C(=O)O)cc2)nnc1-c1cccc(C)c1. The summed E-state index contributed by atoms with van der Waals surface area (Å²) in [5, 5.41) is 20.8. The van der Waals surface area contributed by atoms with Gasteiger partial charge in [0, 0.05) is 17.8 Å². The molecule has 29 heavy (non-hydrogen) atoms. The molecule has 3 aromatic rings. The Morgan fingerprint density at radius 1 is 1.21 bits per heavy atom. The molecule has 2 aromatic carbocycles. The number of allylic oxidation sites excluding steroid dienone is 1. The third-order valence-corrected chi connectivity index (χ3v) is 5.02. The van der Waals surface area contributed by atoms with E-state index < -0.39 is 5.97 Å². The molecular weight excluding hydrogens is 388 g/mol. The molecular formula is C21H20N4O3S. The van der Waals surface area contributed by atoms with Crippen molar-refractivity contribution >= 4 is 29.3 Å². The molecule has 0 aliphatic heterocycles. The number of aromatic carboxylic acids is 1. The predicted molar refractivity (Wildman–Crippen MR) is 113 cm³/mol. The number of thioether (sulfide) groups is 1. The van der Waals surface area contributed by atoms with Crippen LogP contribution in [0.15, 0.2) is 66.3 Å². The number of nitrogens with zero attached hydrogens (tertiary/aromatic N) is 3. The smallest absolute Gasteiger partial charge is 0.335 e. The van der Waals surface area contributed by atoms with Gasteiger partial charge in [0.2, 0.25) is 5.91 Å². The van der Waals surface area contributed by atoms with Crippen molar-refractivity contribution in [1.82, 2.24) is 14.8 Å². The molecule has 0 spiro atoms. The molecule has 0 unspecified atom stereocenters. The number of benzene rings is 2. The summed E-state index contributed by atoms with van der Waals surface area (Å²) >= 11 is 1.28. The van der Waals surface area contributed by atoms with Gasteiger partial charge in [-0.2, -0.15) is 0 Å². The van der Waals surface area contributed by atoms with Gasteiger partial charge in [-0.15, -0.1) is 16.8 Å². The zero-order valence-corrected chi connectivity index (χ0v) is 16.6. The monoisotopic (exact) mass is 408 g/mol. The van der Waals surface area contributed by atoms with Crippen molar-refractivity contribution in [3.63, 3.8) is 0 Å². The highest BCUT2D eigenvalue weighted by Crippen LogP contribution is 2.25. The number of carboxylic acid groups (broad SMARTS) is 1. The standard InChI is InChI=1S/C21H20N4O3S/c1-3-11-25-19(16-6-4-5-14(2)12-16)23-24-21(25)29-13-18(26)22-17-9-7-15(8-10-17)20(27)28/h3-10,12H,1,11,13H2,2H3,(H,22,26)(H,27,28). The number of nitrogens with one attached hydrogen (secondary N) is 1. The Bertz CT molecular complexity index is 1040. The molecule has 1 aromatic heterocycles. The van der Waals surface area contributed by atoms with Crippen LogP contribution >= 0.6 is 11.8 Å². The van der Waals surface area contributed by atoms with Crippen molar-refractivity contribution in [2.24, 2.45) is 0 Å². The highest BCUT2D eigenvalue weighted by atomic mass is 32.2. The number of anilines is 1. The lowest BCUT2D eigenvalue weighted by molar-refractivity contribution is -0.113. The fourth-order valence-corrected chi connectivity index (χ4v) is 3.46. The zero-order chi connectivity index (χ0) is 20.8. The Labute approximate surface area is 172 Å². The van der Waals surface area contributed by atoms with Gasteiger partial charge < -0.3 is 10.4 Å². The molecule has 0 radical (unpaired) electrons. The number of rotatable bonds is 8. The van der Waals surface area contributed by atoms with Crippen molar-refractivity contribution in [3.05, 3.63) is 72.3 Å². The Kier molecular flexibility index (Phi) is 6.46. The average molecular weight is 408 g/mol. The molecule has 1 amide bonds. The summed E-state index contributed by atoms with van der Waals surface area (Å²) in [6.45, 7) is 6.33. The summed E-state index contributed by atoms with van der Waals surface area (Å²) in [5.41, 5.74) is 2.78. The minimum absolute atomic E-state index is 0.143. The lowest BCUT2D eigenvalue weighted by Crippen LogP contribution is -2.14. The highest BCUT2D eigenvalue weighted by molar-refractivity contribution is 7.99. The predicted octanol–water partition coefficient (Wildman–Crippen LogP) is 3.87. The summed E-state index contributed by atoms with van der Waals surface area (Å²) < 4.78 is 1.92. The fraction of sp³-hybridized carbons (Fsp3) is 0.143. The van der Waals surface area contributed by atoms with Crippen LogP contribution in [0.25, 0.3) is 11.4 Å². The van der Waals surface area contributed by atoms with Crippen molar-refractivity contribution in [3.8, 4) is 11.4 Å². The van der Waals surface area contributed by atoms with E-state index in [1.165, 1.54) is 23.9 Å². The number of aryl methyl sites for hydroxylation is 1. The van der Waals surface area contributed by atoms with Crippen LogP contribution in [0, 0.1) is 6.92 Å². The van der Waals surface area contributed by atoms with Crippen molar-refractivity contribution in [2.45, 2.75) is 18.6 Å². The Morgan fingerprint density at radius 3 is 2.62 bits per heavy atom. The second kappa shape index (κ2) is 9.20. The zero-order valence-electron chi connectivity index (χ0n) is 15.8. The van der Waals surface area contributed by atoms with Gasteiger partial charge in [-0.05, 0) is 37.3 Å². The molecule has 8 heteroatoms. The topological polar surface area (TPSA) is 97.1 Å². The quantitative estimate of drug-likeness (QED) is 0.434. The van der Waals surface area contributed by atoms with Crippen LogP contribution in [0.3, 0.4) is 0 Å². The van der Waals surface area contributed by atoms with E-state index in [0.717, 1.165) is 17.0 Å². The minimum atomic E-state index is -1.01. The number of carbonyl (C=O) groups excluding carboxylic acids is 1. The van der Waals surface area contributed by atoms with E-state index in [1.807, 2.05) is 35.8 Å². The van der Waals surface area contributed by atoms with E-state index in [0.29, 0.717) is 17.4 Å². The van der Waals surface area contributed by atoms with Gasteiger partial charge in [-0.25, -0.2) is 4.79 Å². The lowest BCUT2D eigenvalue weighted by atomic mass is 10.1. The normalized spacial score (nSPS) is 10.5. The molecule has 7 nitrogen and oxygen atoms in total. The summed E-state index contributed by atoms with van der Waals surface area (Å²) in [6, 6.07) is 14.0. The number of carbonyl (C=O) groups is 2. The number of hydrogen-bond acceptors (Lipinski definition) is 5. The first-order chi connectivity index (χ1) is 14.0. The van der Waals surface area contributed by atoms with Gasteiger partial charge >= 0.3 is 5.97 Å². The molecule has 0 saturated carbocycles. The van der Waals surface area contributed by atoms with Crippen molar-refractivity contribution in [2.75, 3.05) is 11.1 Å². The fourth-order valence-electron chi connectivity index (χ4n) is 2.71. The molecule has 0 fully saturated rings. The van der Waals surface area contributed by atoms with Crippen LogP contribution in [0.4, 0.5) is 5.69 Å². The van der Waals surface area contributed by atoms with Crippen LogP contribution in [-0.4, -0.2) is 37.5 Å². The van der Waals surface area contributed by atoms with Crippen LogP contribution < -0.4 is 5.32 Å². The largest absolute Gasteiger partial charge is 0.478 e. The molecule has 0 atom stereocenters. The first kappa shape index (κ1) is 20.3. The molecule has 0 bridgehead atoms. The highest BCUT2D eigenvalue weighted by Gasteiger charge is 2.15. The van der Waals surface area contributed by atoms with Gasteiger partial charge in [0.25, 0.3) is 0 Å². The maximum atomic E-state index is 12.3. The first-order valence-electron chi connectivity index (χ1n) is 8.85. The van der Waals surface area contributed by atoms with Gasteiger partial charge in [0.05, 0.1) is 11.3 Å². The summed E-state index contributed by atoms with van der Waals surface area (Å²) in [7, 11) is 0. The Hall–Kier alpha value is -3.39. The molecule has 0 saturated heterocycles. The first-order valence-corrected chi connectivity index (χ1v) is 9.83. The lowest BCUT2D eigenvalue weighted by Gasteiger charge is -2.09. The average Bonchev–Trinajstić information content (AvgIpc) is 3.10. The van der Waals surface area contributed by atoms with Crippen molar-refractivity contribution < 1.29 is 14.7 Å².